The molecule has 2 rings (SSSR count). The molecular formula is C10H10N4. The Kier molecular flexibility index (Phi) is 2.27. The van der Waals surface area contributed by atoms with Crippen LogP contribution in [0.3, 0.4) is 0 Å². The summed E-state index contributed by atoms with van der Waals surface area (Å²) in [6.07, 6.45) is 5.02. The van der Waals surface area contributed by atoms with Crippen molar-refractivity contribution < 1.29 is 0 Å². The van der Waals surface area contributed by atoms with Gasteiger partial charge >= 0.3 is 0 Å². The van der Waals surface area contributed by atoms with Gasteiger partial charge in [0.05, 0.1) is 17.6 Å². The third-order valence-electron chi connectivity index (χ3n) is 1.70. The Morgan fingerprint density at radius 3 is 2.86 bits per heavy atom. The summed E-state index contributed by atoms with van der Waals surface area (Å²) in [5, 5.41) is 3.09. The monoisotopic (exact) mass is 186 g/mol. The number of nitrogens with two attached hydrogens (primary N) is 1. The van der Waals surface area contributed by atoms with Crippen LogP contribution in [0.4, 0.5) is 17.2 Å². The van der Waals surface area contributed by atoms with Crippen molar-refractivity contribution in [1.82, 2.24) is 9.97 Å². The first-order valence-electron chi connectivity index (χ1n) is 4.23. The lowest BCUT2D eigenvalue weighted by Crippen LogP contribution is -1.94. The van der Waals surface area contributed by atoms with Crippen molar-refractivity contribution >= 4 is 17.2 Å². The van der Waals surface area contributed by atoms with Crippen LogP contribution in [0, 0.1) is 0 Å². The number of rotatable bonds is 2. The Balaban J connectivity index is 2.19. The van der Waals surface area contributed by atoms with Crippen LogP contribution in [-0.2, 0) is 0 Å². The van der Waals surface area contributed by atoms with E-state index >= 15 is 0 Å². The summed E-state index contributed by atoms with van der Waals surface area (Å²) in [5.41, 5.74) is 7.06. The van der Waals surface area contributed by atoms with E-state index < -0.39 is 0 Å². The Morgan fingerprint density at radius 2 is 2.14 bits per heavy atom. The van der Waals surface area contributed by atoms with Crippen LogP contribution >= 0.6 is 0 Å². The van der Waals surface area contributed by atoms with Crippen molar-refractivity contribution in [2.24, 2.45) is 0 Å². The minimum Gasteiger partial charge on any atom is -0.397 e. The Morgan fingerprint density at radius 1 is 1.21 bits per heavy atom. The molecule has 0 saturated carbocycles. The average Bonchev–Trinajstić information content (AvgIpc) is 2.19. The van der Waals surface area contributed by atoms with E-state index in [-0.39, 0.29) is 0 Å². The second kappa shape index (κ2) is 3.74. The first-order valence-corrected chi connectivity index (χ1v) is 4.23. The zero-order valence-corrected chi connectivity index (χ0v) is 7.51. The van der Waals surface area contributed by atoms with Gasteiger partial charge in [-0.05, 0) is 18.2 Å². The van der Waals surface area contributed by atoms with E-state index in [4.69, 9.17) is 5.73 Å². The van der Waals surface area contributed by atoms with Crippen LogP contribution in [0.2, 0.25) is 0 Å². The first-order chi connectivity index (χ1) is 6.84. The minimum atomic E-state index is 0.630. The van der Waals surface area contributed by atoms with Crippen LogP contribution in [-0.4, -0.2) is 9.97 Å². The van der Waals surface area contributed by atoms with Gasteiger partial charge in [-0.2, -0.15) is 0 Å². The van der Waals surface area contributed by atoms with Gasteiger partial charge < -0.3 is 11.1 Å². The van der Waals surface area contributed by atoms with Crippen molar-refractivity contribution in [3.05, 3.63) is 42.9 Å². The molecular weight excluding hydrogens is 176 g/mol. The molecule has 0 aromatic carbocycles. The molecule has 4 heteroatoms. The minimum absolute atomic E-state index is 0.630. The van der Waals surface area contributed by atoms with Crippen molar-refractivity contribution in [3.63, 3.8) is 0 Å². The van der Waals surface area contributed by atoms with Gasteiger partial charge in [0, 0.05) is 12.4 Å². The number of nitrogen functional groups attached to an aromatic ring is 1. The van der Waals surface area contributed by atoms with Crippen LogP contribution in [0.5, 0.6) is 0 Å². The third kappa shape index (κ3) is 1.98. The van der Waals surface area contributed by atoms with E-state index in [2.05, 4.69) is 15.3 Å². The van der Waals surface area contributed by atoms with Gasteiger partial charge in [0.25, 0.3) is 0 Å². The lowest BCUT2D eigenvalue weighted by molar-refractivity contribution is 1.28. The molecule has 0 saturated heterocycles. The molecule has 0 aliphatic heterocycles. The number of pyridine rings is 2. The number of hydrogen-bond donors (Lipinski definition) is 2. The van der Waals surface area contributed by atoms with E-state index in [1.54, 1.807) is 18.6 Å². The van der Waals surface area contributed by atoms with Crippen molar-refractivity contribution in [3.8, 4) is 0 Å². The molecule has 0 spiro atoms. The van der Waals surface area contributed by atoms with Gasteiger partial charge in [0.2, 0.25) is 0 Å². The normalized spacial score (nSPS) is 9.71. The molecule has 0 unspecified atom stereocenters. The van der Waals surface area contributed by atoms with Crippen molar-refractivity contribution in [1.29, 1.82) is 0 Å². The molecule has 70 valence electrons. The van der Waals surface area contributed by atoms with E-state index in [0.717, 1.165) is 11.5 Å². The lowest BCUT2D eigenvalue weighted by atomic mass is 10.3. The Bertz CT molecular complexity index is 413. The smallest absolute Gasteiger partial charge is 0.130 e. The highest BCUT2D eigenvalue weighted by Gasteiger charge is 1.94. The summed E-state index contributed by atoms with van der Waals surface area (Å²) in [5.74, 6) is 0.778. The SMILES string of the molecule is Nc1cncc(Nc2ccccn2)c1. The third-order valence-corrected chi connectivity index (χ3v) is 1.70. The molecule has 0 radical (unpaired) electrons. The van der Waals surface area contributed by atoms with Crippen molar-refractivity contribution in [2.75, 3.05) is 11.1 Å². The quantitative estimate of drug-likeness (QED) is 0.750. The molecule has 0 aliphatic rings. The van der Waals surface area contributed by atoms with Crippen LogP contribution in [0.25, 0.3) is 0 Å². The molecule has 0 bridgehead atoms. The second-order valence-corrected chi connectivity index (χ2v) is 2.85. The number of anilines is 3. The van der Waals surface area contributed by atoms with Crippen molar-refractivity contribution in [2.45, 2.75) is 0 Å². The number of hydrogen-bond acceptors (Lipinski definition) is 4. The molecule has 2 aromatic heterocycles. The summed E-state index contributed by atoms with van der Waals surface area (Å²) in [4.78, 5) is 8.09. The second-order valence-electron chi connectivity index (χ2n) is 2.85. The number of nitrogens with zero attached hydrogens (tertiary/aromatic N) is 2. The first kappa shape index (κ1) is 8.50. The number of nitrogens with one attached hydrogen (secondary N) is 1. The highest BCUT2D eigenvalue weighted by Crippen LogP contribution is 2.14. The molecule has 0 fully saturated rings. The predicted molar refractivity (Wildman–Crippen MR) is 56.2 cm³/mol. The van der Waals surface area contributed by atoms with E-state index in [0.29, 0.717) is 5.69 Å². The number of aromatic nitrogens is 2. The maximum Gasteiger partial charge on any atom is 0.130 e. The van der Waals surface area contributed by atoms with E-state index in [9.17, 15) is 0 Å². The fourth-order valence-electron chi connectivity index (χ4n) is 1.11. The molecule has 0 atom stereocenters. The molecule has 4 nitrogen and oxygen atoms in total. The van der Waals surface area contributed by atoms with Gasteiger partial charge in [0.1, 0.15) is 5.82 Å². The summed E-state index contributed by atoms with van der Waals surface area (Å²) in [7, 11) is 0. The predicted octanol–water partition coefficient (Wildman–Crippen LogP) is 1.80. The largest absolute Gasteiger partial charge is 0.397 e. The zero-order chi connectivity index (χ0) is 9.80. The standard InChI is InChI=1S/C10H10N4/c11-8-5-9(7-12-6-8)14-10-3-1-2-4-13-10/h1-7H,11H2,(H,13,14). The fourth-order valence-corrected chi connectivity index (χ4v) is 1.11. The Labute approximate surface area is 81.8 Å². The fraction of sp³-hybridized carbons (Fsp3) is 0. The molecule has 0 amide bonds. The lowest BCUT2D eigenvalue weighted by Gasteiger charge is -2.04. The molecule has 2 heterocycles. The summed E-state index contributed by atoms with van der Waals surface area (Å²) >= 11 is 0. The van der Waals surface area contributed by atoms with Gasteiger partial charge in [-0.3, -0.25) is 4.98 Å². The zero-order valence-electron chi connectivity index (χ0n) is 7.51. The highest BCUT2D eigenvalue weighted by atomic mass is 15.0. The maximum atomic E-state index is 5.59. The summed E-state index contributed by atoms with van der Waals surface area (Å²) < 4.78 is 0. The molecule has 0 aliphatic carbocycles. The Hall–Kier alpha value is -2.10. The highest BCUT2D eigenvalue weighted by molar-refractivity contribution is 5.59. The molecule has 3 N–H and O–H groups in total. The van der Waals surface area contributed by atoms with Gasteiger partial charge in [-0.1, -0.05) is 6.07 Å². The molecule has 2 aromatic rings. The maximum absolute atomic E-state index is 5.59. The van der Waals surface area contributed by atoms with Gasteiger partial charge in [0.15, 0.2) is 0 Å². The average molecular weight is 186 g/mol. The summed E-state index contributed by atoms with van der Waals surface area (Å²) in [6.45, 7) is 0. The topological polar surface area (TPSA) is 63.8 Å². The van der Waals surface area contributed by atoms with Gasteiger partial charge in [-0.15, -0.1) is 0 Å². The molecule has 14 heavy (non-hydrogen) atoms. The van der Waals surface area contributed by atoms with Crippen LogP contribution in [0.1, 0.15) is 0 Å². The van der Waals surface area contributed by atoms with Crippen LogP contribution < -0.4 is 11.1 Å². The van der Waals surface area contributed by atoms with Crippen LogP contribution in [0.15, 0.2) is 42.9 Å². The van der Waals surface area contributed by atoms with E-state index in [1.807, 2.05) is 24.3 Å². The summed E-state index contributed by atoms with van der Waals surface area (Å²) in [6, 6.07) is 7.46. The van der Waals surface area contributed by atoms with E-state index in [1.165, 1.54) is 0 Å². The van der Waals surface area contributed by atoms with Gasteiger partial charge in [-0.25, -0.2) is 4.98 Å².